The molecule has 0 aromatic rings. The lowest BCUT2D eigenvalue weighted by Gasteiger charge is -2.18. The van der Waals surface area contributed by atoms with Crippen LogP contribution in [0.3, 0.4) is 0 Å². The lowest BCUT2D eigenvalue weighted by molar-refractivity contribution is -0.147. The number of carbonyl (C=O) groups excluding carboxylic acids is 2. The fraction of sp³-hybridized carbons (Fsp3) is 0.875. The molecule has 0 spiro atoms. The van der Waals surface area contributed by atoms with E-state index < -0.39 is 6.04 Å². The first-order valence-electron chi connectivity index (χ1n) is 8.03. The van der Waals surface area contributed by atoms with E-state index in [1.54, 1.807) is 0 Å². The third-order valence-corrected chi connectivity index (χ3v) is 4.82. The topological polar surface area (TPSA) is 72.6 Å². The molecule has 1 unspecified atom stereocenters. The SMILES string of the molecule is C.CCCCCCCCC[SH+]CC(=O)N(N)C1CCOC1=O. The minimum Gasteiger partial charge on any atom is -0.464 e. The second-order valence-corrected chi connectivity index (χ2v) is 6.71. The molecule has 0 saturated carbocycles. The summed E-state index contributed by atoms with van der Waals surface area (Å²) in [4.78, 5) is 23.2. The molecule has 130 valence electrons. The zero-order chi connectivity index (χ0) is 15.5. The van der Waals surface area contributed by atoms with Crippen LogP contribution >= 0.6 is 0 Å². The Morgan fingerprint density at radius 1 is 1.27 bits per heavy atom. The molecule has 5 nitrogen and oxygen atoms in total. The molecule has 0 radical (unpaired) electrons. The monoisotopic (exact) mass is 333 g/mol. The summed E-state index contributed by atoms with van der Waals surface area (Å²) in [5, 5.41) is 1.06. The van der Waals surface area contributed by atoms with Gasteiger partial charge in [-0.05, 0) is 24.6 Å². The van der Waals surface area contributed by atoms with Crippen molar-refractivity contribution in [3.05, 3.63) is 0 Å². The van der Waals surface area contributed by atoms with Crippen molar-refractivity contribution in [1.29, 1.82) is 0 Å². The van der Waals surface area contributed by atoms with Gasteiger partial charge in [-0.2, -0.15) is 0 Å². The maximum absolute atomic E-state index is 11.9. The molecule has 6 heteroatoms. The van der Waals surface area contributed by atoms with Gasteiger partial charge in [0.2, 0.25) is 0 Å². The van der Waals surface area contributed by atoms with Gasteiger partial charge in [-0.3, -0.25) is 9.80 Å². The standard InChI is InChI=1S/C15H28N2O3S.CH4/c1-2-3-4-5-6-7-8-11-21-12-14(18)17(16)13-9-10-20-15(13)19;/h13H,2-12,16H2,1H3;1H4/p+1. The predicted molar refractivity (Wildman–Crippen MR) is 93.6 cm³/mol. The van der Waals surface area contributed by atoms with Gasteiger partial charge in [-0.1, -0.05) is 46.5 Å². The Kier molecular flexibility index (Phi) is 12.3. The van der Waals surface area contributed by atoms with Crippen LogP contribution in [0.15, 0.2) is 0 Å². The number of rotatable bonds is 11. The predicted octanol–water partition coefficient (Wildman–Crippen LogP) is 2.21. The van der Waals surface area contributed by atoms with Crippen molar-refractivity contribution in [1.82, 2.24) is 5.01 Å². The number of esters is 1. The van der Waals surface area contributed by atoms with Gasteiger partial charge < -0.3 is 4.74 Å². The number of cyclic esters (lactones) is 1. The number of hydrogen-bond donors (Lipinski definition) is 1. The number of nitrogens with two attached hydrogens (primary N) is 1. The van der Waals surface area contributed by atoms with Gasteiger partial charge in [-0.25, -0.2) is 10.6 Å². The molecular formula is C16H33N2O3S+. The molecule has 1 rings (SSSR count). The first-order valence-corrected chi connectivity index (χ1v) is 9.30. The summed E-state index contributed by atoms with van der Waals surface area (Å²) in [5.41, 5.74) is 0. The minimum atomic E-state index is -0.578. The molecule has 0 aromatic carbocycles. The molecule has 1 aliphatic rings. The van der Waals surface area contributed by atoms with Crippen molar-refractivity contribution < 1.29 is 14.3 Å². The Bertz CT molecular complexity index is 327. The fourth-order valence-electron chi connectivity index (χ4n) is 2.35. The lowest BCUT2D eigenvalue weighted by Crippen LogP contribution is -2.49. The van der Waals surface area contributed by atoms with Crippen molar-refractivity contribution in [3.8, 4) is 0 Å². The Balaban J connectivity index is 0.00000441. The van der Waals surface area contributed by atoms with E-state index in [1.165, 1.54) is 38.5 Å². The first-order chi connectivity index (χ1) is 10.2. The fourth-order valence-corrected chi connectivity index (χ4v) is 3.31. The quantitative estimate of drug-likeness (QED) is 0.120. The van der Waals surface area contributed by atoms with Crippen molar-refractivity contribution in [2.24, 2.45) is 5.84 Å². The Labute approximate surface area is 139 Å². The smallest absolute Gasteiger partial charge is 0.330 e. The molecule has 22 heavy (non-hydrogen) atoms. The van der Waals surface area contributed by atoms with Gasteiger partial charge in [-0.15, -0.1) is 0 Å². The number of thiol groups is 1. The highest BCUT2D eigenvalue weighted by Crippen LogP contribution is 2.11. The number of carbonyl (C=O) groups is 2. The van der Waals surface area contributed by atoms with Crippen molar-refractivity contribution in [2.75, 3.05) is 18.1 Å². The zero-order valence-electron chi connectivity index (χ0n) is 13.1. The normalized spacial score (nSPS) is 17.0. The summed E-state index contributed by atoms with van der Waals surface area (Å²) < 4.78 is 4.82. The van der Waals surface area contributed by atoms with Crippen LogP contribution in [-0.2, 0) is 26.1 Å². The molecule has 0 aromatic heterocycles. The van der Waals surface area contributed by atoms with E-state index in [0.717, 1.165) is 28.9 Å². The Morgan fingerprint density at radius 3 is 2.50 bits per heavy atom. The number of unbranched alkanes of at least 4 members (excludes halogenated alkanes) is 6. The van der Waals surface area contributed by atoms with Crippen molar-refractivity contribution in [3.63, 3.8) is 0 Å². The van der Waals surface area contributed by atoms with Gasteiger partial charge in [0.05, 0.1) is 6.61 Å². The van der Waals surface area contributed by atoms with Gasteiger partial charge in [0, 0.05) is 6.42 Å². The van der Waals surface area contributed by atoms with E-state index in [2.05, 4.69) is 6.92 Å². The third-order valence-electron chi connectivity index (χ3n) is 3.70. The number of hydrazine groups is 1. The second-order valence-electron chi connectivity index (χ2n) is 5.50. The number of hydrogen-bond acceptors (Lipinski definition) is 4. The molecular weight excluding hydrogens is 300 g/mol. The van der Waals surface area contributed by atoms with Gasteiger partial charge >= 0.3 is 5.97 Å². The van der Waals surface area contributed by atoms with Crippen molar-refractivity contribution in [2.45, 2.75) is 71.8 Å². The Morgan fingerprint density at radius 2 is 1.91 bits per heavy atom. The van der Waals surface area contributed by atoms with E-state index in [4.69, 9.17) is 10.6 Å². The van der Waals surface area contributed by atoms with E-state index in [9.17, 15) is 9.59 Å². The van der Waals surface area contributed by atoms with Gasteiger partial charge in [0.25, 0.3) is 5.91 Å². The third kappa shape index (κ3) is 8.03. The van der Waals surface area contributed by atoms with E-state index in [-0.39, 0.29) is 19.3 Å². The van der Waals surface area contributed by atoms with E-state index in [0.29, 0.717) is 18.8 Å². The van der Waals surface area contributed by atoms with Gasteiger partial charge in [0.15, 0.2) is 5.75 Å². The molecule has 0 bridgehead atoms. The maximum atomic E-state index is 11.9. The molecule has 1 fully saturated rings. The first kappa shape index (κ1) is 21.2. The largest absolute Gasteiger partial charge is 0.464 e. The minimum absolute atomic E-state index is 0. The summed E-state index contributed by atoms with van der Waals surface area (Å²) in [5.74, 6) is 6.59. The summed E-state index contributed by atoms with van der Waals surface area (Å²) in [7, 11) is 0. The van der Waals surface area contributed by atoms with Crippen LogP contribution in [0.4, 0.5) is 0 Å². The number of nitrogens with zero attached hydrogens (tertiary/aromatic N) is 1. The number of ether oxygens (including phenoxy) is 1. The maximum Gasteiger partial charge on any atom is 0.330 e. The van der Waals surface area contributed by atoms with Crippen LogP contribution in [0.1, 0.15) is 65.7 Å². The summed E-state index contributed by atoms with van der Waals surface area (Å²) in [6.45, 7) is 2.59. The summed E-state index contributed by atoms with van der Waals surface area (Å²) in [6.07, 6.45) is 9.49. The van der Waals surface area contributed by atoms with Crippen LogP contribution in [-0.4, -0.2) is 41.0 Å². The molecule has 2 N–H and O–H groups in total. The zero-order valence-corrected chi connectivity index (χ0v) is 13.9. The highest BCUT2D eigenvalue weighted by atomic mass is 32.2. The highest BCUT2D eigenvalue weighted by molar-refractivity contribution is 7.79. The molecule has 1 heterocycles. The van der Waals surface area contributed by atoms with Crippen LogP contribution in [0.25, 0.3) is 0 Å². The molecule has 1 aliphatic heterocycles. The van der Waals surface area contributed by atoms with Crippen LogP contribution in [0.5, 0.6) is 0 Å². The second kappa shape index (κ2) is 12.8. The van der Waals surface area contributed by atoms with Crippen LogP contribution < -0.4 is 5.84 Å². The van der Waals surface area contributed by atoms with Crippen LogP contribution in [0, 0.1) is 0 Å². The number of amides is 1. The highest BCUT2D eigenvalue weighted by Gasteiger charge is 2.34. The molecule has 0 aliphatic carbocycles. The molecule has 1 saturated heterocycles. The average Bonchev–Trinajstić information content (AvgIpc) is 2.90. The molecule has 1 amide bonds. The summed E-state index contributed by atoms with van der Waals surface area (Å²) in [6, 6.07) is -0.578. The molecule has 1 atom stereocenters. The van der Waals surface area contributed by atoms with Gasteiger partial charge in [0.1, 0.15) is 11.8 Å². The average molecular weight is 334 g/mol. The lowest BCUT2D eigenvalue weighted by atomic mass is 10.1. The Hall–Kier alpha value is -0.750. The van der Waals surface area contributed by atoms with Crippen LogP contribution in [0.2, 0.25) is 0 Å². The van der Waals surface area contributed by atoms with E-state index >= 15 is 0 Å². The van der Waals surface area contributed by atoms with Crippen molar-refractivity contribution >= 4 is 23.6 Å². The van der Waals surface area contributed by atoms with E-state index in [1.807, 2.05) is 0 Å². The summed E-state index contributed by atoms with van der Waals surface area (Å²) >= 11 is 1.10.